The van der Waals surface area contributed by atoms with E-state index in [1.807, 2.05) is 6.08 Å². The summed E-state index contributed by atoms with van der Waals surface area (Å²) < 4.78 is 23.6. The summed E-state index contributed by atoms with van der Waals surface area (Å²) in [4.78, 5) is 0. The number of hydrogen-bond acceptors (Lipinski definition) is 3. The van der Waals surface area contributed by atoms with E-state index < -0.39 is 30.6 Å². The van der Waals surface area contributed by atoms with Crippen molar-refractivity contribution in [3.05, 3.63) is 47.6 Å². The van der Waals surface area contributed by atoms with Crippen LogP contribution in [-0.2, 0) is 0 Å². The van der Waals surface area contributed by atoms with Gasteiger partial charge in [-0.2, -0.15) is 0 Å². The molecule has 0 saturated heterocycles. The Morgan fingerprint density at radius 3 is 2.65 bits per heavy atom. The Labute approximate surface area is 193 Å². The molecule has 3 N–H and O–H groups in total. The molecule has 3 nitrogen and oxygen atoms in total. The molecule has 174 valence electrons. The second-order valence-electron chi connectivity index (χ2n) is 11.0. The van der Waals surface area contributed by atoms with E-state index in [2.05, 4.69) is 32.6 Å². The minimum Gasteiger partial charge on any atom is -0.393 e. The molecule has 3 heteroatoms. The predicted octanol–water partition coefficient (Wildman–Crippen LogP) is 5.73. The first-order chi connectivity index (χ1) is 15.6. The largest absolute Gasteiger partial charge is 0.393 e. The standard InChI is InChI=1S/C28H44O3/c1-18(9-10-19(2)27(4,5)31)24-13-14-25-21(8-7-15-28(24,25)6)11-12-22-16-23(29)17-26(30)20(22)3/h9-12,18-19,23-26,29-31H,3,7-8,13-17H2,1-2,4-6H3/b10-9+,21-11+,22-12-/t18-,19+,23-,24-,25+,26+,28-/m1/s1/i2+1D3. The first-order valence-electron chi connectivity index (χ1n) is 13.5. The zero-order valence-corrected chi connectivity index (χ0v) is 19.8. The molecule has 0 aromatic carbocycles. The van der Waals surface area contributed by atoms with Gasteiger partial charge in [0, 0.05) is 16.5 Å². The van der Waals surface area contributed by atoms with Crippen LogP contribution in [0.2, 0.25) is 0 Å². The average Bonchev–Trinajstić information content (AvgIpc) is 3.05. The maximum Gasteiger partial charge on any atom is 0.0811 e. The van der Waals surface area contributed by atoms with Crippen LogP contribution in [0.1, 0.15) is 83.6 Å². The van der Waals surface area contributed by atoms with Crippen LogP contribution in [-0.4, -0.2) is 33.1 Å². The lowest BCUT2D eigenvalue weighted by atomic mass is 9.61. The molecule has 3 fully saturated rings. The van der Waals surface area contributed by atoms with Crippen molar-refractivity contribution >= 4 is 0 Å². The third-order valence-electron chi connectivity index (χ3n) is 8.30. The maximum atomic E-state index is 10.4. The Balaban J connectivity index is 1.79. The number of aliphatic hydroxyl groups is 3. The summed E-state index contributed by atoms with van der Waals surface area (Å²) in [5, 5.41) is 30.6. The molecule has 0 bridgehead atoms. The monoisotopic (exact) mass is 432 g/mol. The summed E-state index contributed by atoms with van der Waals surface area (Å²) in [6.45, 7) is 9.51. The van der Waals surface area contributed by atoms with Gasteiger partial charge in [0.15, 0.2) is 0 Å². The first kappa shape index (κ1) is 20.4. The van der Waals surface area contributed by atoms with Crippen LogP contribution in [0.15, 0.2) is 47.6 Å². The molecule has 7 atom stereocenters. The summed E-state index contributed by atoms with van der Waals surface area (Å²) in [7, 11) is 0. The van der Waals surface area contributed by atoms with Crippen LogP contribution in [0, 0.1) is 29.1 Å². The van der Waals surface area contributed by atoms with Crippen LogP contribution in [0.4, 0.5) is 0 Å². The number of fused-ring (bicyclic) bond motifs is 1. The lowest BCUT2D eigenvalue weighted by molar-refractivity contribution is 0.0436. The van der Waals surface area contributed by atoms with Crippen molar-refractivity contribution in [1.82, 2.24) is 0 Å². The minimum atomic E-state index is -2.24. The lowest BCUT2D eigenvalue weighted by Gasteiger charge is -2.44. The van der Waals surface area contributed by atoms with E-state index in [9.17, 15) is 15.3 Å². The second-order valence-corrected chi connectivity index (χ2v) is 11.0. The van der Waals surface area contributed by atoms with E-state index in [-0.39, 0.29) is 11.3 Å². The van der Waals surface area contributed by atoms with E-state index in [0.29, 0.717) is 24.7 Å². The average molecular weight is 433 g/mol. The summed E-state index contributed by atoms with van der Waals surface area (Å²) in [5.74, 6) is 0.273. The van der Waals surface area contributed by atoms with Gasteiger partial charge in [-0.25, -0.2) is 0 Å². The second kappa shape index (κ2) is 9.37. The predicted molar refractivity (Wildman–Crippen MR) is 128 cm³/mol. The molecule has 3 aliphatic carbocycles. The fourth-order valence-corrected chi connectivity index (χ4v) is 6.26. The van der Waals surface area contributed by atoms with Crippen molar-refractivity contribution in [2.24, 2.45) is 29.1 Å². The quantitative estimate of drug-likeness (QED) is 0.384. The molecule has 0 aromatic rings. The Morgan fingerprint density at radius 2 is 1.97 bits per heavy atom. The summed E-state index contributed by atoms with van der Waals surface area (Å²) in [6.07, 6.45) is 13.3. The van der Waals surface area contributed by atoms with Crippen molar-refractivity contribution in [2.75, 3.05) is 0 Å². The van der Waals surface area contributed by atoms with E-state index in [1.165, 1.54) is 5.57 Å². The van der Waals surface area contributed by atoms with Gasteiger partial charge in [-0.1, -0.05) is 57.2 Å². The van der Waals surface area contributed by atoms with Gasteiger partial charge in [0.2, 0.25) is 0 Å². The summed E-state index contributed by atoms with van der Waals surface area (Å²) in [6, 6.07) is 0. The van der Waals surface area contributed by atoms with Gasteiger partial charge in [0.1, 0.15) is 0 Å². The van der Waals surface area contributed by atoms with Gasteiger partial charge in [-0.3, -0.25) is 0 Å². The SMILES string of the molecule is [2H][13C]([2H])([2H])[C@@H](/C=C/[C@@H](C)[C@H]1CC[C@H]2/C(=C/C=C3/C[C@@H](O)C[C@H](O)C3=C)CCC[C@]12C)C(C)(C)O. The van der Waals surface area contributed by atoms with Gasteiger partial charge in [0.25, 0.3) is 0 Å². The molecule has 3 rings (SSSR count). The summed E-state index contributed by atoms with van der Waals surface area (Å²) in [5.41, 5.74) is 1.96. The zero-order valence-electron chi connectivity index (χ0n) is 22.8. The maximum absolute atomic E-state index is 10.4. The molecular weight excluding hydrogens is 385 g/mol. The Morgan fingerprint density at radius 1 is 1.23 bits per heavy atom. The summed E-state index contributed by atoms with van der Waals surface area (Å²) >= 11 is 0. The first-order valence-corrected chi connectivity index (χ1v) is 12.0. The molecule has 0 spiro atoms. The topological polar surface area (TPSA) is 60.7 Å². The van der Waals surface area contributed by atoms with E-state index in [1.54, 1.807) is 19.9 Å². The van der Waals surface area contributed by atoms with Crippen LogP contribution >= 0.6 is 0 Å². The third kappa shape index (κ3) is 5.26. The van der Waals surface area contributed by atoms with Crippen LogP contribution in [0.5, 0.6) is 0 Å². The number of allylic oxidation sites excluding steroid dienone is 4. The number of aliphatic hydroxyl groups excluding tert-OH is 2. The van der Waals surface area contributed by atoms with Gasteiger partial charge < -0.3 is 15.3 Å². The number of hydrogen-bond donors (Lipinski definition) is 3. The molecule has 0 amide bonds. The highest BCUT2D eigenvalue weighted by Crippen LogP contribution is 2.59. The van der Waals surface area contributed by atoms with Crippen LogP contribution in [0.25, 0.3) is 0 Å². The Kier molecular flexibility index (Phi) is 6.18. The minimum absolute atomic E-state index is 0.152. The lowest BCUT2D eigenvalue weighted by Crippen LogP contribution is -2.35. The van der Waals surface area contributed by atoms with E-state index in [0.717, 1.165) is 43.3 Å². The fraction of sp³-hybridized carbons (Fsp3) is 0.714. The smallest absolute Gasteiger partial charge is 0.0811 e. The fourth-order valence-electron chi connectivity index (χ4n) is 6.26. The third-order valence-corrected chi connectivity index (χ3v) is 8.30. The molecule has 0 unspecified atom stereocenters. The molecule has 0 heterocycles. The molecule has 0 aromatic heterocycles. The molecule has 0 aliphatic heterocycles. The van der Waals surface area contributed by atoms with E-state index in [4.69, 9.17) is 4.11 Å². The van der Waals surface area contributed by atoms with Crippen LogP contribution < -0.4 is 0 Å². The van der Waals surface area contributed by atoms with Gasteiger partial charge in [-0.15, -0.1) is 0 Å². The highest BCUT2D eigenvalue weighted by molar-refractivity contribution is 5.38. The van der Waals surface area contributed by atoms with Crippen molar-refractivity contribution < 1.29 is 19.4 Å². The van der Waals surface area contributed by atoms with Gasteiger partial charge in [0.05, 0.1) is 17.8 Å². The van der Waals surface area contributed by atoms with Crippen molar-refractivity contribution in [1.29, 1.82) is 0 Å². The molecule has 3 saturated carbocycles. The Bertz CT molecular complexity index is 834. The number of rotatable bonds is 5. The van der Waals surface area contributed by atoms with Crippen molar-refractivity contribution in [3.8, 4) is 0 Å². The highest BCUT2D eigenvalue weighted by atomic mass is 16.3. The van der Waals surface area contributed by atoms with Gasteiger partial charge in [-0.05, 0) is 86.7 Å². The zero-order chi connectivity index (χ0) is 25.5. The van der Waals surface area contributed by atoms with Gasteiger partial charge >= 0.3 is 0 Å². The molecular formula is C28H44O3. The normalized spacial score (nSPS) is 41.1. The van der Waals surface area contributed by atoms with Crippen molar-refractivity contribution in [2.45, 2.75) is 97.3 Å². The Hall–Kier alpha value is -1.16. The van der Waals surface area contributed by atoms with Crippen molar-refractivity contribution in [3.63, 3.8) is 0 Å². The molecule has 0 radical (unpaired) electrons. The molecule has 3 aliphatic rings. The van der Waals surface area contributed by atoms with E-state index >= 15 is 0 Å². The molecule has 31 heavy (non-hydrogen) atoms. The van der Waals surface area contributed by atoms with Crippen LogP contribution in [0.3, 0.4) is 0 Å². The highest BCUT2D eigenvalue weighted by Gasteiger charge is 2.50.